The number of rotatable bonds is 5. The quantitative estimate of drug-likeness (QED) is 0.843. The van der Waals surface area contributed by atoms with E-state index in [0.29, 0.717) is 19.6 Å². The molecule has 1 fully saturated rings. The summed E-state index contributed by atoms with van der Waals surface area (Å²) in [6.07, 6.45) is 6.23. The molecule has 2 heterocycles. The third kappa shape index (κ3) is 4.77. The second-order valence-electron chi connectivity index (χ2n) is 5.53. The van der Waals surface area contributed by atoms with E-state index in [2.05, 4.69) is 10.4 Å². The lowest BCUT2D eigenvalue weighted by Gasteiger charge is -2.31. The Bertz CT molecular complexity index is 492. The molecule has 0 atom stereocenters. The minimum absolute atomic E-state index is 0.0623. The van der Waals surface area contributed by atoms with Crippen LogP contribution in [0.4, 0.5) is 4.79 Å². The average Bonchev–Trinajstić information content (AvgIpc) is 2.84. The van der Waals surface area contributed by atoms with Gasteiger partial charge in [-0.3, -0.25) is 9.48 Å². The Kier molecular flexibility index (Phi) is 5.19. The maximum Gasteiger partial charge on any atom is 0.317 e. The highest BCUT2D eigenvalue weighted by Gasteiger charge is 2.23. The van der Waals surface area contributed by atoms with Gasteiger partial charge in [0.2, 0.25) is 0 Å². The number of nitrogens with one attached hydrogen (secondary N) is 1. The van der Waals surface area contributed by atoms with Gasteiger partial charge in [0.25, 0.3) is 0 Å². The number of urea groups is 1. The summed E-state index contributed by atoms with van der Waals surface area (Å²) in [6, 6.07) is -0.0623. The van der Waals surface area contributed by atoms with Crippen molar-refractivity contribution >= 4 is 12.0 Å². The molecule has 1 aliphatic heterocycles. The maximum absolute atomic E-state index is 12.0. The Morgan fingerprint density at radius 1 is 1.43 bits per heavy atom. The third-order valence-electron chi connectivity index (χ3n) is 3.81. The number of amides is 2. The first-order valence-electron chi connectivity index (χ1n) is 7.26. The Morgan fingerprint density at radius 3 is 2.71 bits per heavy atom. The number of carbonyl (C=O) groups excluding carboxylic acids is 1. The molecular weight excluding hydrogens is 272 g/mol. The van der Waals surface area contributed by atoms with E-state index in [4.69, 9.17) is 5.11 Å². The predicted octanol–water partition coefficient (Wildman–Crippen LogP) is 0.859. The summed E-state index contributed by atoms with van der Waals surface area (Å²) in [6.45, 7) is 1.85. The number of carboxylic acids is 1. The first-order valence-corrected chi connectivity index (χ1v) is 7.26. The fraction of sp³-hybridized carbons (Fsp3) is 0.643. The van der Waals surface area contributed by atoms with Crippen LogP contribution in [0.2, 0.25) is 0 Å². The average molecular weight is 294 g/mol. The van der Waals surface area contributed by atoms with Gasteiger partial charge in [-0.2, -0.15) is 5.10 Å². The van der Waals surface area contributed by atoms with Gasteiger partial charge in [0, 0.05) is 39.3 Å². The van der Waals surface area contributed by atoms with E-state index >= 15 is 0 Å². The molecule has 2 rings (SSSR count). The number of aliphatic carboxylic acids is 1. The second kappa shape index (κ2) is 7.10. The molecule has 2 amide bonds. The highest BCUT2D eigenvalue weighted by atomic mass is 16.4. The van der Waals surface area contributed by atoms with Crippen LogP contribution < -0.4 is 5.32 Å². The molecule has 0 spiro atoms. The monoisotopic (exact) mass is 294 g/mol. The molecule has 7 heteroatoms. The molecule has 21 heavy (non-hydrogen) atoms. The molecule has 0 bridgehead atoms. The summed E-state index contributed by atoms with van der Waals surface area (Å²) >= 11 is 0. The molecule has 0 aliphatic carbocycles. The standard InChI is InChI=1S/C14H22N4O3/c1-17-10-12(9-16-17)2-5-15-14(21)18-6-3-11(4-7-18)8-13(19)20/h9-11H,2-8H2,1H3,(H,15,21)(H,19,20). The van der Waals surface area contributed by atoms with Gasteiger partial charge in [0.05, 0.1) is 6.20 Å². The van der Waals surface area contributed by atoms with Crippen molar-refractivity contribution < 1.29 is 14.7 Å². The number of aromatic nitrogens is 2. The van der Waals surface area contributed by atoms with Crippen LogP contribution in [-0.4, -0.2) is 51.4 Å². The van der Waals surface area contributed by atoms with E-state index in [1.165, 1.54) is 0 Å². The van der Waals surface area contributed by atoms with E-state index in [1.54, 1.807) is 15.8 Å². The molecule has 0 saturated carbocycles. The Morgan fingerprint density at radius 2 is 2.14 bits per heavy atom. The Labute approximate surface area is 123 Å². The van der Waals surface area contributed by atoms with Crippen LogP contribution in [0.25, 0.3) is 0 Å². The number of hydrogen-bond acceptors (Lipinski definition) is 3. The maximum atomic E-state index is 12.0. The molecule has 0 aromatic carbocycles. The summed E-state index contributed by atoms with van der Waals surface area (Å²) in [4.78, 5) is 24.4. The van der Waals surface area contributed by atoms with Crippen molar-refractivity contribution in [2.24, 2.45) is 13.0 Å². The fourth-order valence-corrected chi connectivity index (χ4v) is 2.61. The van der Waals surface area contributed by atoms with Gasteiger partial charge >= 0.3 is 12.0 Å². The number of nitrogens with zero attached hydrogens (tertiary/aromatic N) is 3. The largest absolute Gasteiger partial charge is 0.481 e. The minimum Gasteiger partial charge on any atom is -0.481 e. The van der Waals surface area contributed by atoms with Crippen molar-refractivity contribution in [1.29, 1.82) is 0 Å². The van der Waals surface area contributed by atoms with Crippen LogP contribution in [0.5, 0.6) is 0 Å². The highest BCUT2D eigenvalue weighted by molar-refractivity contribution is 5.74. The summed E-state index contributed by atoms with van der Waals surface area (Å²) < 4.78 is 1.74. The molecule has 1 saturated heterocycles. The SMILES string of the molecule is Cn1cc(CCNC(=O)N2CCC(CC(=O)O)CC2)cn1. The number of likely N-dealkylation sites (tertiary alicyclic amines) is 1. The second-order valence-corrected chi connectivity index (χ2v) is 5.53. The zero-order valence-electron chi connectivity index (χ0n) is 12.3. The summed E-state index contributed by atoms with van der Waals surface area (Å²) in [5.41, 5.74) is 1.10. The minimum atomic E-state index is -0.755. The lowest BCUT2D eigenvalue weighted by Crippen LogP contribution is -2.45. The normalized spacial score (nSPS) is 16.0. The fourth-order valence-electron chi connectivity index (χ4n) is 2.61. The smallest absolute Gasteiger partial charge is 0.317 e. The summed E-state index contributed by atoms with van der Waals surface area (Å²) in [5.74, 6) is -0.559. The molecule has 0 radical (unpaired) electrons. The van der Waals surface area contributed by atoms with Crippen LogP contribution in [0.15, 0.2) is 12.4 Å². The molecule has 0 unspecified atom stereocenters. The van der Waals surface area contributed by atoms with E-state index in [1.807, 2.05) is 13.2 Å². The van der Waals surface area contributed by atoms with Crippen LogP contribution in [0.3, 0.4) is 0 Å². The molecule has 2 N–H and O–H groups in total. The van der Waals surface area contributed by atoms with Gasteiger partial charge in [-0.05, 0) is 30.7 Å². The first-order chi connectivity index (χ1) is 10.0. The van der Waals surface area contributed by atoms with E-state index < -0.39 is 5.97 Å². The Balaban J connectivity index is 1.66. The van der Waals surface area contributed by atoms with Gasteiger partial charge in [-0.25, -0.2) is 4.79 Å². The van der Waals surface area contributed by atoms with E-state index in [-0.39, 0.29) is 18.4 Å². The Hall–Kier alpha value is -2.05. The molecule has 1 aliphatic rings. The zero-order valence-corrected chi connectivity index (χ0v) is 12.3. The van der Waals surface area contributed by atoms with Crippen molar-refractivity contribution in [1.82, 2.24) is 20.0 Å². The lowest BCUT2D eigenvalue weighted by molar-refractivity contribution is -0.138. The summed E-state index contributed by atoms with van der Waals surface area (Å²) in [5, 5.41) is 15.7. The molecule has 1 aromatic heterocycles. The first kappa shape index (κ1) is 15.3. The molecule has 116 valence electrons. The topological polar surface area (TPSA) is 87.5 Å². The van der Waals surface area contributed by atoms with Gasteiger partial charge in [-0.15, -0.1) is 0 Å². The van der Waals surface area contributed by atoms with Gasteiger partial charge in [0.15, 0.2) is 0 Å². The number of piperidine rings is 1. The predicted molar refractivity (Wildman–Crippen MR) is 76.9 cm³/mol. The third-order valence-corrected chi connectivity index (χ3v) is 3.81. The van der Waals surface area contributed by atoms with Crippen LogP contribution in [0.1, 0.15) is 24.8 Å². The lowest BCUT2D eigenvalue weighted by atomic mass is 9.94. The van der Waals surface area contributed by atoms with Crippen molar-refractivity contribution in [3.63, 3.8) is 0 Å². The van der Waals surface area contributed by atoms with Crippen LogP contribution >= 0.6 is 0 Å². The molecule has 1 aromatic rings. The highest BCUT2D eigenvalue weighted by Crippen LogP contribution is 2.20. The van der Waals surface area contributed by atoms with Crippen LogP contribution in [0, 0.1) is 5.92 Å². The summed E-state index contributed by atoms with van der Waals surface area (Å²) in [7, 11) is 1.86. The zero-order chi connectivity index (χ0) is 15.2. The van der Waals surface area contributed by atoms with Gasteiger partial charge < -0.3 is 15.3 Å². The molecule has 7 nitrogen and oxygen atoms in total. The van der Waals surface area contributed by atoms with Gasteiger partial charge in [0.1, 0.15) is 0 Å². The van der Waals surface area contributed by atoms with E-state index in [0.717, 1.165) is 24.8 Å². The number of carboxylic acid groups (broad SMARTS) is 1. The number of carbonyl (C=O) groups is 2. The van der Waals surface area contributed by atoms with Crippen molar-refractivity contribution in [3.05, 3.63) is 18.0 Å². The number of hydrogen-bond donors (Lipinski definition) is 2. The van der Waals surface area contributed by atoms with Crippen molar-refractivity contribution in [2.45, 2.75) is 25.7 Å². The van der Waals surface area contributed by atoms with E-state index in [9.17, 15) is 9.59 Å². The number of aryl methyl sites for hydroxylation is 1. The van der Waals surface area contributed by atoms with Gasteiger partial charge in [-0.1, -0.05) is 0 Å². The van der Waals surface area contributed by atoms with Crippen LogP contribution in [-0.2, 0) is 18.3 Å². The van der Waals surface area contributed by atoms with Crippen molar-refractivity contribution in [3.8, 4) is 0 Å². The molecular formula is C14H22N4O3. The van der Waals surface area contributed by atoms with Crippen molar-refractivity contribution in [2.75, 3.05) is 19.6 Å².